The average molecular weight is 480 g/mol. The Hall–Kier alpha value is -1.77. The molecule has 1 aliphatic heterocycles. The molecule has 5 nitrogen and oxygen atoms in total. The Bertz CT molecular complexity index is 1050. The van der Waals surface area contributed by atoms with Gasteiger partial charge in [0.2, 0.25) is 5.78 Å². The smallest absolute Gasteiger partial charge is 0.209 e. The lowest BCUT2D eigenvalue weighted by atomic mass is 10.1. The molecular formula is C21H19Cl2N3O2S2. The molecule has 0 aliphatic carbocycles. The van der Waals surface area contributed by atoms with Crippen LogP contribution in [0.1, 0.15) is 28.1 Å². The van der Waals surface area contributed by atoms with Gasteiger partial charge in [-0.05, 0) is 43.2 Å². The van der Waals surface area contributed by atoms with Crippen LogP contribution in [0.5, 0.6) is 0 Å². The first kappa shape index (κ1) is 21.5. The molecule has 4 rings (SSSR count). The second-order valence-electron chi connectivity index (χ2n) is 6.76. The normalized spacial score (nSPS) is 16.0. The van der Waals surface area contributed by atoms with Crippen molar-refractivity contribution in [2.45, 2.75) is 23.8 Å². The van der Waals surface area contributed by atoms with Crippen LogP contribution in [0.25, 0.3) is 0 Å². The molecular weight excluding hydrogens is 461 g/mol. The maximum Gasteiger partial charge on any atom is 0.209 e. The van der Waals surface area contributed by atoms with Gasteiger partial charge < -0.3 is 15.8 Å². The third-order valence-electron chi connectivity index (χ3n) is 4.59. The number of thiazole rings is 1. The molecule has 1 fully saturated rings. The van der Waals surface area contributed by atoms with E-state index in [0.29, 0.717) is 16.1 Å². The minimum Gasteiger partial charge on any atom is -0.382 e. The van der Waals surface area contributed by atoms with E-state index in [2.05, 4.69) is 16.4 Å². The number of hydrogen-bond donors (Lipinski definition) is 2. The highest BCUT2D eigenvalue weighted by molar-refractivity contribution is 7.99. The molecule has 0 saturated carbocycles. The summed E-state index contributed by atoms with van der Waals surface area (Å²) in [4.78, 5) is 18.7. The van der Waals surface area contributed by atoms with Crippen molar-refractivity contribution in [2.24, 2.45) is 0 Å². The van der Waals surface area contributed by atoms with Crippen LogP contribution >= 0.6 is 46.3 Å². The summed E-state index contributed by atoms with van der Waals surface area (Å²) in [7, 11) is 0. The van der Waals surface area contributed by atoms with E-state index in [1.54, 1.807) is 30.0 Å². The fraction of sp³-hybridized carbons (Fsp3) is 0.238. The van der Waals surface area contributed by atoms with Crippen LogP contribution in [0, 0.1) is 0 Å². The summed E-state index contributed by atoms with van der Waals surface area (Å²) in [5, 5.41) is 4.33. The van der Waals surface area contributed by atoms with Crippen LogP contribution in [0.3, 0.4) is 0 Å². The van der Waals surface area contributed by atoms with Gasteiger partial charge in [0.25, 0.3) is 0 Å². The molecule has 3 aromatic rings. The molecule has 156 valence electrons. The van der Waals surface area contributed by atoms with Gasteiger partial charge in [0.15, 0.2) is 5.13 Å². The maximum atomic E-state index is 12.9. The van der Waals surface area contributed by atoms with Crippen molar-refractivity contribution in [2.75, 3.05) is 23.4 Å². The quantitative estimate of drug-likeness (QED) is 0.306. The Balaban J connectivity index is 1.48. The summed E-state index contributed by atoms with van der Waals surface area (Å²) in [5.41, 5.74) is 7.12. The number of aromatic nitrogens is 1. The zero-order valence-electron chi connectivity index (χ0n) is 15.9. The molecule has 0 bridgehead atoms. The Morgan fingerprint density at radius 2 is 2.03 bits per heavy atom. The summed E-state index contributed by atoms with van der Waals surface area (Å²) in [6.45, 7) is 0.860. The molecule has 0 amide bonds. The highest BCUT2D eigenvalue weighted by Crippen LogP contribution is 2.34. The van der Waals surface area contributed by atoms with Crippen molar-refractivity contribution in [3.05, 3.63) is 63.0 Å². The number of nitrogens with two attached hydrogens (primary N) is 1. The Labute approximate surface area is 192 Å². The number of carbonyl (C=O) groups is 1. The second-order valence-corrected chi connectivity index (χ2v) is 9.66. The first-order chi connectivity index (χ1) is 14.5. The lowest BCUT2D eigenvalue weighted by Gasteiger charge is -2.09. The van der Waals surface area contributed by atoms with Gasteiger partial charge in [-0.15, -0.1) is 11.8 Å². The van der Waals surface area contributed by atoms with Crippen molar-refractivity contribution in [3.8, 4) is 0 Å². The molecule has 0 spiro atoms. The van der Waals surface area contributed by atoms with E-state index in [1.165, 1.54) is 11.3 Å². The predicted octanol–water partition coefficient (Wildman–Crippen LogP) is 6.28. The van der Waals surface area contributed by atoms with Gasteiger partial charge in [0.05, 0.1) is 21.7 Å². The molecule has 1 saturated heterocycles. The monoisotopic (exact) mass is 479 g/mol. The SMILES string of the molecule is Nc1nc(Nc2cccc(SCC3CCCO3)c2)sc1C(=O)c1c(Cl)cccc1Cl. The Morgan fingerprint density at radius 1 is 1.27 bits per heavy atom. The van der Waals surface area contributed by atoms with Crippen LogP contribution in [-0.2, 0) is 4.74 Å². The number of nitrogens with one attached hydrogen (secondary N) is 1. The van der Waals surface area contributed by atoms with Gasteiger partial charge in [0, 0.05) is 22.9 Å². The first-order valence-electron chi connectivity index (χ1n) is 9.38. The fourth-order valence-corrected chi connectivity index (χ4v) is 5.58. The highest BCUT2D eigenvalue weighted by Gasteiger charge is 2.22. The van der Waals surface area contributed by atoms with Crippen LogP contribution in [0.4, 0.5) is 16.6 Å². The lowest BCUT2D eigenvalue weighted by molar-refractivity contribution is 0.104. The summed E-state index contributed by atoms with van der Waals surface area (Å²) in [6, 6.07) is 13.0. The summed E-state index contributed by atoms with van der Waals surface area (Å²) >= 11 is 15.3. The van der Waals surface area contributed by atoms with Crippen molar-refractivity contribution < 1.29 is 9.53 Å². The third-order valence-corrected chi connectivity index (χ3v) is 7.34. The predicted molar refractivity (Wildman–Crippen MR) is 126 cm³/mol. The van der Waals surface area contributed by atoms with E-state index in [9.17, 15) is 4.79 Å². The molecule has 0 radical (unpaired) electrons. The van der Waals surface area contributed by atoms with Crippen molar-refractivity contribution in [1.29, 1.82) is 0 Å². The number of carbonyl (C=O) groups excluding carboxylic acids is 1. The zero-order chi connectivity index (χ0) is 21.1. The minimum absolute atomic E-state index is 0.146. The Morgan fingerprint density at radius 3 is 2.77 bits per heavy atom. The first-order valence-corrected chi connectivity index (χ1v) is 11.9. The summed E-state index contributed by atoms with van der Waals surface area (Å²) in [5.74, 6) is 0.743. The van der Waals surface area contributed by atoms with Gasteiger partial charge in [0.1, 0.15) is 10.7 Å². The molecule has 1 atom stereocenters. The minimum atomic E-state index is -0.338. The number of rotatable bonds is 7. The number of nitrogen functional groups attached to an aromatic ring is 1. The standard InChI is InChI=1S/C21H19Cl2N3O2S2/c22-15-7-2-8-16(23)17(15)18(27)19-20(24)26-21(30-19)25-12-4-1-6-14(10-12)29-11-13-5-3-9-28-13/h1-2,4,6-8,10,13H,3,5,9,11,24H2,(H,25,26). The topological polar surface area (TPSA) is 77.2 Å². The Kier molecular flexibility index (Phi) is 6.85. The van der Waals surface area contributed by atoms with E-state index in [4.69, 9.17) is 33.7 Å². The highest BCUT2D eigenvalue weighted by atomic mass is 35.5. The number of halogens is 2. The molecule has 30 heavy (non-hydrogen) atoms. The number of ether oxygens (including phenoxy) is 1. The van der Waals surface area contributed by atoms with Crippen LogP contribution in [0.15, 0.2) is 47.4 Å². The zero-order valence-corrected chi connectivity index (χ0v) is 19.0. The van der Waals surface area contributed by atoms with E-state index in [1.807, 2.05) is 18.2 Å². The molecule has 1 aromatic heterocycles. The third kappa shape index (κ3) is 4.92. The van der Waals surface area contributed by atoms with E-state index in [-0.39, 0.29) is 27.2 Å². The number of nitrogens with zero attached hydrogens (tertiary/aromatic N) is 1. The van der Waals surface area contributed by atoms with Gasteiger partial charge in [-0.3, -0.25) is 4.79 Å². The lowest BCUT2D eigenvalue weighted by Crippen LogP contribution is -2.07. The number of ketones is 1. The molecule has 3 N–H and O–H groups in total. The summed E-state index contributed by atoms with van der Waals surface area (Å²) in [6.07, 6.45) is 2.59. The van der Waals surface area contributed by atoms with Crippen LogP contribution < -0.4 is 11.1 Å². The molecule has 1 unspecified atom stereocenters. The van der Waals surface area contributed by atoms with Gasteiger partial charge in [-0.2, -0.15) is 0 Å². The van der Waals surface area contributed by atoms with Crippen LogP contribution in [0.2, 0.25) is 10.0 Å². The summed E-state index contributed by atoms with van der Waals surface area (Å²) < 4.78 is 5.68. The van der Waals surface area contributed by atoms with Gasteiger partial charge in [-0.1, -0.05) is 46.7 Å². The molecule has 1 aliphatic rings. The van der Waals surface area contributed by atoms with Gasteiger partial charge in [-0.25, -0.2) is 4.98 Å². The van der Waals surface area contributed by atoms with E-state index >= 15 is 0 Å². The van der Waals surface area contributed by atoms with Gasteiger partial charge >= 0.3 is 0 Å². The molecule has 2 aromatic carbocycles. The number of thioether (sulfide) groups is 1. The molecule has 9 heteroatoms. The molecule has 2 heterocycles. The van der Waals surface area contributed by atoms with Crippen LogP contribution in [-0.4, -0.2) is 29.2 Å². The number of hydrogen-bond acceptors (Lipinski definition) is 7. The fourth-order valence-electron chi connectivity index (χ4n) is 3.13. The maximum absolute atomic E-state index is 12.9. The van der Waals surface area contributed by atoms with Crippen molar-refractivity contribution in [3.63, 3.8) is 0 Å². The largest absolute Gasteiger partial charge is 0.382 e. The average Bonchev–Trinajstić information content (AvgIpc) is 3.36. The van der Waals surface area contributed by atoms with Crippen molar-refractivity contribution in [1.82, 2.24) is 4.98 Å². The number of benzene rings is 2. The van der Waals surface area contributed by atoms with E-state index < -0.39 is 0 Å². The van der Waals surface area contributed by atoms with E-state index in [0.717, 1.165) is 35.8 Å². The second kappa shape index (κ2) is 9.58. The number of anilines is 3. The van der Waals surface area contributed by atoms with Crippen molar-refractivity contribution >= 4 is 68.7 Å².